The standard InChI is InChI=1S/C20H20N4O/c25-20(17-8-6-16(7-9-17)18-10-11-22-23-18)24-13-12-21-19(14-24)15-4-2-1-3-5-15/h1-11,19,21H,12-14H2,(H,22,23)/t19-/m1/s1. The normalized spacial score (nSPS) is 17.4. The van der Waals surface area contributed by atoms with Crippen LogP contribution >= 0.6 is 0 Å². The number of aromatic nitrogens is 2. The Kier molecular flexibility index (Phi) is 4.31. The van der Waals surface area contributed by atoms with Crippen molar-refractivity contribution in [3.63, 3.8) is 0 Å². The van der Waals surface area contributed by atoms with Gasteiger partial charge in [-0.3, -0.25) is 9.89 Å². The van der Waals surface area contributed by atoms with Crippen molar-refractivity contribution in [2.45, 2.75) is 6.04 Å². The van der Waals surface area contributed by atoms with Gasteiger partial charge in [0.05, 0.1) is 5.69 Å². The zero-order valence-corrected chi connectivity index (χ0v) is 13.9. The van der Waals surface area contributed by atoms with Gasteiger partial charge in [0.15, 0.2) is 0 Å². The van der Waals surface area contributed by atoms with Crippen molar-refractivity contribution in [3.8, 4) is 11.3 Å². The first kappa shape index (κ1) is 15.6. The molecule has 0 radical (unpaired) electrons. The lowest BCUT2D eigenvalue weighted by atomic mass is 10.0. The van der Waals surface area contributed by atoms with E-state index in [9.17, 15) is 4.79 Å². The molecule has 1 amide bonds. The molecule has 1 fully saturated rings. The van der Waals surface area contributed by atoms with Crippen LogP contribution in [0.3, 0.4) is 0 Å². The van der Waals surface area contributed by atoms with E-state index in [1.807, 2.05) is 53.4 Å². The molecular weight excluding hydrogens is 312 g/mol. The molecule has 1 aromatic heterocycles. The second-order valence-corrected chi connectivity index (χ2v) is 6.22. The summed E-state index contributed by atoms with van der Waals surface area (Å²) in [6, 6.07) is 20.1. The molecule has 1 aliphatic rings. The summed E-state index contributed by atoms with van der Waals surface area (Å²) in [5.41, 5.74) is 3.91. The first-order valence-electron chi connectivity index (χ1n) is 8.49. The fraction of sp³-hybridized carbons (Fsp3) is 0.200. The zero-order valence-electron chi connectivity index (χ0n) is 13.9. The second-order valence-electron chi connectivity index (χ2n) is 6.22. The quantitative estimate of drug-likeness (QED) is 0.775. The molecule has 5 heteroatoms. The first-order valence-corrected chi connectivity index (χ1v) is 8.49. The van der Waals surface area contributed by atoms with E-state index in [1.165, 1.54) is 5.56 Å². The fourth-order valence-corrected chi connectivity index (χ4v) is 3.23. The van der Waals surface area contributed by atoms with Crippen LogP contribution in [0.2, 0.25) is 0 Å². The number of benzene rings is 2. The Morgan fingerprint density at radius 3 is 2.56 bits per heavy atom. The Labute approximate surface area is 146 Å². The molecule has 3 aromatic rings. The van der Waals surface area contributed by atoms with Crippen LogP contribution in [-0.4, -0.2) is 40.6 Å². The molecule has 0 unspecified atom stereocenters. The number of aromatic amines is 1. The summed E-state index contributed by atoms with van der Waals surface area (Å²) >= 11 is 0. The summed E-state index contributed by atoms with van der Waals surface area (Å²) in [7, 11) is 0. The average Bonchev–Trinajstić information content (AvgIpc) is 3.23. The van der Waals surface area contributed by atoms with Crippen molar-refractivity contribution in [2.24, 2.45) is 0 Å². The van der Waals surface area contributed by atoms with Crippen LogP contribution in [0.5, 0.6) is 0 Å². The minimum absolute atomic E-state index is 0.0820. The van der Waals surface area contributed by atoms with Crippen molar-refractivity contribution in [2.75, 3.05) is 19.6 Å². The van der Waals surface area contributed by atoms with Crippen molar-refractivity contribution in [3.05, 3.63) is 78.0 Å². The van der Waals surface area contributed by atoms with E-state index in [0.29, 0.717) is 6.54 Å². The summed E-state index contributed by atoms with van der Waals surface area (Å²) in [6.45, 7) is 2.22. The van der Waals surface area contributed by atoms with Gasteiger partial charge in [0, 0.05) is 37.4 Å². The molecule has 2 N–H and O–H groups in total. The smallest absolute Gasteiger partial charge is 0.253 e. The second kappa shape index (κ2) is 6.91. The summed E-state index contributed by atoms with van der Waals surface area (Å²) in [5.74, 6) is 0.0820. The molecule has 2 aromatic carbocycles. The molecule has 0 spiro atoms. The molecule has 4 rings (SSSR count). The molecule has 1 atom stereocenters. The lowest BCUT2D eigenvalue weighted by molar-refractivity contribution is 0.0703. The van der Waals surface area contributed by atoms with Gasteiger partial charge in [-0.15, -0.1) is 0 Å². The monoisotopic (exact) mass is 332 g/mol. The van der Waals surface area contributed by atoms with Gasteiger partial charge in [0.1, 0.15) is 0 Å². The Bertz CT molecular complexity index is 828. The number of carbonyl (C=O) groups excluding carboxylic acids is 1. The van der Waals surface area contributed by atoms with Gasteiger partial charge in [-0.1, -0.05) is 42.5 Å². The van der Waals surface area contributed by atoms with E-state index >= 15 is 0 Å². The first-order chi connectivity index (χ1) is 12.3. The van der Waals surface area contributed by atoms with Crippen molar-refractivity contribution in [1.82, 2.24) is 20.4 Å². The summed E-state index contributed by atoms with van der Waals surface area (Å²) < 4.78 is 0. The largest absolute Gasteiger partial charge is 0.335 e. The predicted molar refractivity (Wildman–Crippen MR) is 97.1 cm³/mol. The zero-order chi connectivity index (χ0) is 17.1. The van der Waals surface area contributed by atoms with Crippen LogP contribution in [0.15, 0.2) is 66.9 Å². The topological polar surface area (TPSA) is 61.0 Å². The van der Waals surface area contributed by atoms with E-state index in [0.717, 1.165) is 29.9 Å². The number of carbonyl (C=O) groups is 1. The molecule has 126 valence electrons. The molecule has 1 saturated heterocycles. The van der Waals surface area contributed by atoms with Crippen molar-refractivity contribution >= 4 is 5.91 Å². The molecule has 2 heterocycles. The molecule has 0 aliphatic carbocycles. The van der Waals surface area contributed by atoms with Gasteiger partial charge in [-0.2, -0.15) is 5.10 Å². The Morgan fingerprint density at radius 2 is 1.84 bits per heavy atom. The van der Waals surface area contributed by atoms with Crippen LogP contribution in [0.1, 0.15) is 22.0 Å². The maximum Gasteiger partial charge on any atom is 0.253 e. The minimum Gasteiger partial charge on any atom is -0.335 e. The van der Waals surface area contributed by atoms with Gasteiger partial charge < -0.3 is 10.2 Å². The van der Waals surface area contributed by atoms with Crippen LogP contribution < -0.4 is 5.32 Å². The number of hydrogen-bond donors (Lipinski definition) is 2. The number of nitrogens with zero attached hydrogens (tertiary/aromatic N) is 2. The highest BCUT2D eigenvalue weighted by Crippen LogP contribution is 2.20. The molecule has 0 saturated carbocycles. The third-order valence-electron chi connectivity index (χ3n) is 4.61. The van der Waals surface area contributed by atoms with Gasteiger partial charge >= 0.3 is 0 Å². The van der Waals surface area contributed by atoms with E-state index < -0.39 is 0 Å². The Morgan fingerprint density at radius 1 is 1.04 bits per heavy atom. The maximum atomic E-state index is 12.9. The van der Waals surface area contributed by atoms with Gasteiger partial charge in [-0.25, -0.2) is 0 Å². The van der Waals surface area contributed by atoms with Gasteiger partial charge in [-0.05, 0) is 29.3 Å². The minimum atomic E-state index is 0.0820. The lowest BCUT2D eigenvalue weighted by Gasteiger charge is -2.34. The van der Waals surface area contributed by atoms with E-state index in [-0.39, 0.29) is 11.9 Å². The van der Waals surface area contributed by atoms with Gasteiger partial charge in [0.2, 0.25) is 0 Å². The predicted octanol–water partition coefficient (Wildman–Crippen LogP) is 2.86. The van der Waals surface area contributed by atoms with Crippen LogP contribution in [0.4, 0.5) is 0 Å². The fourth-order valence-electron chi connectivity index (χ4n) is 3.23. The molecule has 5 nitrogen and oxygen atoms in total. The molecule has 1 aliphatic heterocycles. The number of piperazine rings is 1. The number of hydrogen-bond acceptors (Lipinski definition) is 3. The summed E-state index contributed by atoms with van der Waals surface area (Å²) in [6.07, 6.45) is 1.72. The number of rotatable bonds is 3. The summed E-state index contributed by atoms with van der Waals surface area (Å²) in [4.78, 5) is 14.8. The molecule has 0 bridgehead atoms. The van der Waals surface area contributed by atoms with Crippen LogP contribution in [0, 0.1) is 0 Å². The molecule has 25 heavy (non-hydrogen) atoms. The highest BCUT2D eigenvalue weighted by atomic mass is 16.2. The number of H-pyrrole nitrogens is 1. The maximum absolute atomic E-state index is 12.9. The SMILES string of the molecule is O=C(c1ccc(-c2ccn[nH]2)cc1)N1CCN[C@@H](c2ccccc2)C1. The van der Waals surface area contributed by atoms with E-state index in [4.69, 9.17) is 0 Å². The Hall–Kier alpha value is -2.92. The van der Waals surface area contributed by atoms with Crippen LogP contribution in [0.25, 0.3) is 11.3 Å². The van der Waals surface area contributed by atoms with E-state index in [2.05, 4.69) is 27.6 Å². The third-order valence-corrected chi connectivity index (χ3v) is 4.61. The highest BCUT2D eigenvalue weighted by Gasteiger charge is 2.24. The van der Waals surface area contributed by atoms with E-state index in [1.54, 1.807) is 6.20 Å². The average molecular weight is 332 g/mol. The highest BCUT2D eigenvalue weighted by molar-refractivity contribution is 5.94. The van der Waals surface area contributed by atoms with Gasteiger partial charge in [0.25, 0.3) is 5.91 Å². The summed E-state index contributed by atoms with van der Waals surface area (Å²) in [5, 5.41) is 10.4. The number of amides is 1. The Balaban J connectivity index is 1.48. The van der Waals surface area contributed by atoms with Crippen molar-refractivity contribution < 1.29 is 4.79 Å². The third kappa shape index (κ3) is 3.32. The molecular formula is C20H20N4O. The van der Waals surface area contributed by atoms with Crippen LogP contribution in [-0.2, 0) is 0 Å². The lowest BCUT2D eigenvalue weighted by Crippen LogP contribution is -2.48. The van der Waals surface area contributed by atoms with Crippen molar-refractivity contribution in [1.29, 1.82) is 0 Å². The number of nitrogens with one attached hydrogen (secondary N) is 2.